The van der Waals surface area contributed by atoms with E-state index in [4.69, 9.17) is 11.2 Å². The van der Waals surface area contributed by atoms with Crippen LogP contribution < -0.4 is 0 Å². The van der Waals surface area contributed by atoms with Crippen molar-refractivity contribution in [3.63, 3.8) is 0 Å². The van der Waals surface area contributed by atoms with Gasteiger partial charge in [0.1, 0.15) is 0 Å². The van der Waals surface area contributed by atoms with Crippen molar-refractivity contribution in [3.05, 3.63) is 0 Å². The van der Waals surface area contributed by atoms with Crippen LogP contribution in [0.1, 0.15) is 55.4 Å². The van der Waals surface area contributed by atoms with Crippen molar-refractivity contribution in [2.75, 3.05) is 0 Å². The molecule has 0 atom stereocenters. The molecule has 0 nitrogen and oxygen atoms in total. The number of rotatable bonds is 1. The van der Waals surface area contributed by atoms with E-state index in [-0.39, 0.29) is 10.3 Å². The summed E-state index contributed by atoms with van der Waals surface area (Å²) in [5.74, 6) is 0. The van der Waals surface area contributed by atoms with Gasteiger partial charge in [0.25, 0.3) is 0 Å². The maximum absolute atomic E-state index is 6.97. The second-order valence-electron chi connectivity index (χ2n) is 6.37. The molecule has 13 heavy (non-hydrogen) atoms. The van der Waals surface area contributed by atoms with E-state index < -0.39 is 6.62 Å². The Balaban J connectivity index is 5.22. The second-order valence-corrected chi connectivity index (χ2v) is 13.7. The molecule has 0 aliphatic heterocycles. The summed E-state index contributed by atoms with van der Waals surface area (Å²) in [4.78, 5) is 0. The van der Waals surface area contributed by atoms with Crippen molar-refractivity contribution in [1.29, 1.82) is 0 Å². The molecule has 0 aliphatic rings. The van der Waals surface area contributed by atoms with E-state index in [9.17, 15) is 0 Å². The zero-order chi connectivity index (χ0) is 11.1. The minimum atomic E-state index is -1.76. The predicted molar refractivity (Wildman–Crippen MR) is 68.8 cm³/mol. The fourth-order valence-electron chi connectivity index (χ4n) is 2.86. The van der Waals surface area contributed by atoms with Crippen LogP contribution in [0.15, 0.2) is 0 Å². The molecule has 0 bridgehead atoms. The standard InChI is InChI=1S/C11H26ClP/c1-9(2)13(12,10(3,4)5)11(6,7)8/h9,13H,1-8H3. The Morgan fingerprint density at radius 1 is 0.846 bits per heavy atom. The Morgan fingerprint density at radius 2 is 1.08 bits per heavy atom. The summed E-state index contributed by atoms with van der Waals surface area (Å²) in [7, 11) is 0. The molecule has 0 aromatic heterocycles. The Morgan fingerprint density at radius 3 is 1.08 bits per heavy atom. The van der Waals surface area contributed by atoms with E-state index >= 15 is 0 Å². The van der Waals surface area contributed by atoms with Crippen LogP contribution in [-0.2, 0) is 0 Å². The zero-order valence-corrected chi connectivity index (χ0v) is 12.2. The van der Waals surface area contributed by atoms with Crippen LogP contribution >= 0.6 is 17.9 Å². The van der Waals surface area contributed by atoms with Gasteiger partial charge in [-0.2, -0.15) is 0 Å². The molecular weight excluding hydrogens is 199 g/mol. The van der Waals surface area contributed by atoms with Gasteiger partial charge in [0.2, 0.25) is 0 Å². The van der Waals surface area contributed by atoms with Gasteiger partial charge < -0.3 is 0 Å². The van der Waals surface area contributed by atoms with Crippen molar-refractivity contribution < 1.29 is 0 Å². The Hall–Kier alpha value is 0.720. The second kappa shape index (κ2) is 3.70. The quantitative estimate of drug-likeness (QED) is 0.556. The molecule has 0 saturated carbocycles. The van der Waals surface area contributed by atoms with Crippen LogP contribution in [0.2, 0.25) is 0 Å². The first-order valence-corrected chi connectivity index (χ1v) is 8.22. The molecule has 2 heteroatoms. The summed E-state index contributed by atoms with van der Waals surface area (Å²) < 4.78 is 0. The molecular formula is C11H26ClP. The van der Waals surface area contributed by atoms with Crippen LogP contribution in [0.4, 0.5) is 0 Å². The van der Waals surface area contributed by atoms with Crippen LogP contribution in [0.25, 0.3) is 0 Å². The number of hydrogen-bond acceptors (Lipinski definition) is 0. The first-order valence-electron chi connectivity index (χ1n) is 5.13. The van der Waals surface area contributed by atoms with Crippen LogP contribution in [-0.4, -0.2) is 16.0 Å². The van der Waals surface area contributed by atoms with Gasteiger partial charge in [0, 0.05) is 0 Å². The predicted octanol–water partition coefficient (Wildman–Crippen LogP) is 4.90. The van der Waals surface area contributed by atoms with Gasteiger partial charge >= 0.3 is 89.2 Å². The van der Waals surface area contributed by atoms with E-state index in [1.807, 2.05) is 0 Å². The third-order valence-electron chi connectivity index (χ3n) is 2.98. The topological polar surface area (TPSA) is 0 Å². The molecule has 0 amide bonds. The summed E-state index contributed by atoms with van der Waals surface area (Å²) in [6.07, 6.45) is 0. The van der Waals surface area contributed by atoms with Gasteiger partial charge in [-0.1, -0.05) is 0 Å². The van der Waals surface area contributed by atoms with Crippen LogP contribution in [0, 0.1) is 0 Å². The SMILES string of the molecule is CC(C)[PH](Cl)(C(C)(C)C)C(C)(C)C. The summed E-state index contributed by atoms with van der Waals surface area (Å²) in [5, 5.41) is 0.530. The van der Waals surface area contributed by atoms with E-state index in [2.05, 4.69) is 55.4 Å². The van der Waals surface area contributed by atoms with E-state index in [0.717, 1.165) is 0 Å². The fourth-order valence-corrected chi connectivity index (χ4v) is 8.57. The summed E-state index contributed by atoms with van der Waals surface area (Å²) >= 11 is 6.97. The number of halogens is 1. The average molecular weight is 225 g/mol. The molecule has 0 spiro atoms. The molecule has 0 aromatic carbocycles. The van der Waals surface area contributed by atoms with Crippen molar-refractivity contribution in [3.8, 4) is 0 Å². The molecule has 0 heterocycles. The van der Waals surface area contributed by atoms with Gasteiger partial charge in [0.15, 0.2) is 0 Å². The monoisotopic (exact) mass is 224 g/mol. The molecule has 0 rings (SSSR count). The van der Waals surface area contributed by atoms with E-state index in [1.165, 1.54) is 0 Å². The van der Waals surface area contributed by atoms with Crippen molar-refractivity contribution in [1.82, 2.24) is 0 Å². The average Bonchev–Trinajstić information content (AvgIpc) is 1.80. The zero-order valence-electron chi connectivity index (χ0n) is 10.5. The van der Waals surface area contributed by atoms with Gasteiger partial charge in [-0.05, 0) is 0 Å². The first kappa shape index (κ1) is 13.7. The van der Waals surface area contributed by atoms with Gasteiger partial charge in [-0.25, -0.2) is 0 Å². The van der Waals surface area contributed by atoms with Crippen molar-refractivity contribution >= 4 is 17.9 Å². The number of hydrogen-bond donors (Lipinski definition) is 0. The molecule has 0 N–H and O–H groups in total. The van der Waals surface area contributed by atoms with Gasteiger partial charge in [-0.15, -0.1) is 0 Å². The third-order valence-corrected chi connectivity index (χ3v) is 13.6. The summed E-state index contributed by atoms with van der Waals surface area (Å²) in [6.45, 7) is 16.5. The van der Waals surface area contributed by atoms with Crippen molar-refractivity contribution in [2.24, 2.45) is 0 Å². The minimum absolute atomic E-state index is 0.265. The van der Waals surface area contributed by atoms with Gasteiger partial charge in [0.05, 0.1) is 0 Å². The summed E-state index contributed by atoms with van der Waals surface area (Å²) in [5.41, 5.74) is 0.620. The molecule has 0 aliphatic carbocycles. The van der Waals surface area contributed by atoms with E-state index in [1.54, 1.807) is 0 Å². The Labute approximate surface area is 89.6 Å². The molecule has 82 valence electrons. The molecule has 0 aromatic rings. The maximum atomic E-state index is 6.97. The van der Waals surface area contributed by atoms with Gasteiger partial charge in [-0.3, -0.25) is 0 Å². The van der Waals surface area contributed by atoms with Crippen LogP contribution in [0.3, 0.4) is 0 Å². The molecule has 0 saturated heterocycles. The fraction of sp³-hybridized carbons (Fsp3) is 1.00. The summed E-state index contributed by atoms with van der Waals surface area (Å²) in [6, 6.07) is 0. The normalized spacial score (nSPS) is 16.5. The molecule has 0 fully saturated rings. The molecule has 0 radical (unpaired) electrons. The van der Waals surface area contributed by atoms with Crippen molar-refractivity contribution in [2.45, 2.75) is 71.4 Å². The van der Waals surface area contributed by atoms with E-state index in [0.29, 0.717) is 5.66 Å². The Bertz CT molecular complexity index is 158. The Kier molecular flexibility index (Phi) is 3.91. The van der Waals surface area contributed by atoms with Crippen LogP contribution in [0.5, 0.6) is 0 Å². The first-order chi connectivity index (χ1) is 5.44. The molecule has 0 unspecified atom stereocenters. The third kappa shape index (κ3) is 2.39.